The van der Waals surface area contributed by atoms with Gasteiger partial charge in [0.2, 0.25) is 17.4 Å². The Morgan fingerprint density at radius 1 is 1.32 bits per heavy atom. The van der Waals surface area contributed by atoms with Gasteiger partial charge in [0, 0.05) is 61.6 Å². The van der Waals surface area contributed by atoms with Crippen LogP contribution in [-0.4, -0.2) is 115 Å². The third-order valence-corrected chi connectivity index (χ3v) is 8.46. The number of nitrogen functional groups attached to an aromatic ring is 1. The summed E-state index contributed by atoms with van der Waals surface area (Å²) in [6, 6.07) is -0.628. The molecule has 3 fully saturated rings. The number of carboxylic acids is 1. The van der Waals surface area contributed by atoms with Gasteiger partial charge in [0.1, 0.15) is 17.1 Å². The van der Waals surface area contributed by atoms with E-state index in [1.54, 1.807) is 11.0 Å². The van der Waals surface area contributed by atoms with Crippen LogP contribution in [0.5, 0.6) is 0 Å². The number of fused-ring (bicyclic) bond motifs is 1. The van der Waals surface area contributed by atoms with E-state index in [9.17, 15) is 29.5 Å². The molecule has 0 radical (unpaired) electrons. The van der Waals surface area contributed by atoms with Crippen LogP contribution >= 0.6 is 23.3 Å². The van der Waals surface area contributed by atoms with Gasteiger partial charge in [-0.15, -0.1) is 11.8 Å². The number of carbonyl (C=O) groups excluding carboxylic acids is 3. The van der Waals surface area contributed by atoms with E-state index in [1.165, 1.54) is 11.8 Å². The number of rotatable bonds is 9. The van der Waals surface area contributed by atoms with Crippen molar-refractivity contribution in [1.29, 1.82) is 0 Å². The van der Waals surface area contributed by atoms with E-state index < -0.39 is 34.9 Å². The molecule has 4 aliphatic rings. The van der Waals surface area contributed by atoms with Crippen LogP contribution in [0.25, 0.3) is 0 Å². The highest BCUT2D eigenvalue weighted by atomic mass is 32.2. The molecule has 15 nitrogen and oxygen atoms in total. The lowest BCUT2D eigenvalue weighted by Gasteiger charge is -2.49. The summed E-state index contributed by atoms with van der Waals surface area (Å²) in [7, 11) is 0. The Morgan fingerprint density at radius 2 is 2.11 bits per heavy atom. The standard InChI is InChI=1S/C21H25N9O6S2/c22-21-26-15(28-38-21)12(27-36)16(31)25-13-18(33)30-14(20(34)35)10(8-37-19(13)30)5-9-1-3-29(17(9)32)4-2-24-11-6-23-7-11/h5,11,13,19,23-24,36H,1-4,6-8H2,(H,25,31)(H,34,35)(H2,22,26,28)/b9-5+,27-12-/t13-,19-/m1/s1. The summed E-state index contributed by atoms with van der Waals surface area (Å²) in [4.78, 5) is 57.3. The van der Waals surface area contributed by atoms with E-state index >= 15 is 0 Å². The molecule has 0 bridgehead atoms. The zero-order valence-corrected chi connectivity index (χ0v) is 21.5. The highest BCUT2D eigenvalue weighted by molar-refractivity contribution is 8.00. The minimum Gasteiger partial charge on any atom is -0.477 e. The van der Waals surface area contributed by atoms with Crippen molar-refractivity contribution in [3.8, 4) is 0 Å². The van der Waals surface area contributed by atoms with Crippen LogP contribution in [0.1, 0.15) is 12.2 Å². The molecule has 17 heteroatoms. The van der Waals surface area contributed by atoms with E-state index in [-0.39, 0.29) is 28.3 Å². The van der Waals surface area contributed by atoms with E-state index in [0.717, 1.165) is 29.5 Å². The third-order valence-electron chi connectivity index (χ3n) is 6.61. The summed E-state index contributed by atoms with van der Waals surface area (Å²) in [6.45, 7) is 3.61. The average molecular weight is 564 g/mol. The maximum atomic E-state index is 12.9. The first-order chi connectivity index (χ1) is 18.3. The van der Waals surface area contributed by atoms with Crippen molar-refractivity contribution >= 4 is 57.8 Å². The number of allylic oxidation sites excluding steroid dienone is 1. The topological polar surface area (TPSA) is 215 Å². The van der Waals surface area contributed by atoms with E-state index in [1.807, 2.05) is 0 Å². The number of nitrogens with two attached hydrogens (primary N) is 1. The number of oxime groups is 1. The molecular formula is C21H25N9O6S2. The molecule has 1 aromatic rings. The van der Waals surface area contributed by atoms with Crippen LogP contribution in [-0.2, 0) is 19.2 Å². The van der Waals surface area contributed by atoms with Crippen molar-refractivity contribution in [3.05, 3.63) is 28.7 Å². The number of aliphatic carboxylic acids is 1. The van der Waals surface area contributed by atoms with Crippen LogP contribution < -0.4 is 21.7 Å². The third kappa shape index (κ3) is 4.84. The van der Waals surface area contributed by atoms with Gasteiger partial charge in [0.15, 0.2) is 5.13 Å². The number of carbonyl (C=O) groups is 4. The summed E-state index contributed by atoms with van der Waals surface area (Å²) >= 11 is 2.06. The Labute approximate surface area is 224 Å². The number of anilines is 1. The normalized spacial score (nSPS) is 24.9. The van der Waals surface area contributed by atoms with Crippen molar-refractivity contribution in [2.45, 2.75) is 23.9 Å². The lowest BCUT2D eigenvalue weighted by Crippen LogP contribution is -2.71. The fourth-order valence-corrected chi connectivity index (χ4v) is 6.29. The zero-order chi connectivity index (χ0) is 27.0. The van der Waals surface area contributed by atoms with Gasteiger partial charge in [0.05, 0.1) is 0 Å². The molecule has 2 atom stereocenters. The van der Waals surface area contributed by atoms with Gasteiger partial charge in [-0.3, -0.25) is 19.3 Å². The molecular weight excluding hydrogens is 538 g/mol. The van der Waals surface area contributed by atoms with Gasteiger partial charge in [-0.05, 0) is 18.1 Å². The number of hydrogen-bond donors (Lipinski definition) is 6. The Hall–Kier alpha value is -3.54. The SMILES string of the molecule is Nc1nc(/C(=N/O)C(=O)N[C@@H]2C(=O)N3C(C(=O)O)=C(/C=C4\CCN(CCNC5CNC5)C4=O)CS[C@H]23)ns1. The quantitative estimate of drug-likeness (QED) is 0.0618. The van der Waals surface area contributed by atoms with Gasteiger partial charge < -0.3 is 36.9 Å². The monoisotopic (exact) mass is 563 g/mol. The summed E-state index contributed by atoms with van der Waals surface area (Å²) < 4.78 is 3.82. The molecule has 3 saturated heterocycles. The number of amides is 3. The molecule has 0 unspecified atom stereocenters. The number of aromatic nitrogens is 2. The van der Waals surface area contributed by atoms with Crippen molar-refractivity contribution in [1.82, 2.24) is 35.1 Å². The smallest absolute Gasteiger partial charge is 0.352 e. The molecule has 5 rings (SSSR count). The molecule has 4 aliphatic heterocycles. The predicted octanol–water partition coefficient (Wildman–Crippen LogP) is -2.24. The van der Waals surface area contributed by atoms with E-state index in [4.69, 9.17) is 5.73 Å². The Bertz CT molecular complexity index is 1270. The van der Waals surface area contributed by atoms with E-state index in [0.29, 0.717) is 43.2 Å². The van der Waals surface area contributed by atoms with Crippen LogP contribution in [0.4, 0.5) is 5.13 Å². The number of nitrogens with one attached hydrogen (secondary N) is 3. The fourth-order valence-electron chi connectivity index (χ4n) is 4.55. The average Bonchev–Trinajstić information content (AvgIpc) is 3.44. The van der Waals surface area contributed by atoms with E-state index in [2.05, 4.69) is 30.5 Å². The van der Waals surface area contributed by atoms with Gasteiger partial charge >= 0.3 is 5.97 Å². The molecule has 0 saturated carbocycles. The first-order valence-corrected chi connectivity index (χ1v) is 13.6. The summed E-state index contributed by atoms with van der Waals surface area (Å²) in [5.74, 6) is -2.96. The van der Waals surface area contributed by atoms with Crippen molar-refractivity contribution in [2.75, 3.05) is 44.2 Å². The summed E-state index contributed by atoms with van der Waals surface area (Å²) in [5.41, 5.74) is 5.63. The number of β-lactam (4-membered cyclic amide) rings is 1. The number of thioether (sulfide) groups is 1. The number of carboxylic acid groups (broad SMARTS) is 1. The van der Waals surface area contributed by atoms with Crippen LogP contribution in [0.15, 0.2) is 28.1 Å². The second kappa shape index (κ2) is 10.7. The van der Waals surface area contributed by atoms with Crippen molar-refractivity contribution in [2.24, 2.45) is 5.16 Å². The Balaban J connectivity index is 1.26. The first-order valence-electron chi connectivity index (χ1n) is 11.8. The maximum Gasteiger partial charge on any atom is 0.352 e. The molecule has 1 aromatic heterocycles. The largest absolute Gasteiger partial charge is 0.477 e. The molecule has 3 amide bonds. The Kier molecular flexibility index (Phi) is 7.33. The van der Waals surface area contributed by atoms with Gasteiger partial charge in [-0.2, -0.15) is 9.36 Å². The number of likely N-dealkylation sites (tertiary alicyclic amines) is 1. The van der Waals surface area contributed by atoms with Crippen molar-refractivity contribution < 1.29 is 29.5 Å². The number of hydrogen-bond acceptors (Lipinski definition) is 13. The lowest BCUT2D eigenvalue weighted by atomic mass is 10.0. The minimum atomic E-state index is -1.30. The highest BCUT2D eigenvalue weighted by Gasteiger charge is 2.54. The molecule has 5 heterocycles. The molecule has 0 aliphatic carbocycles. The van der Waals surface area contributed by atoms with Gasteiger partial charge in [-0.1, -0.05) is 5.16 Å². The lowest BCUT2D eigenvalue weighted by molar-refractivity contribution is -0.150. The van der Waals surface area contributed by atoms with Crippen molar-refractivity contribution in [3.63, 3.8) is 0 Å². The fraction of sp³-hybridized carbons (Fsp3) is 0.476. The molecule has 202 valence electrons. The summed E-state index contributed by atoms with van der Waals surface area (Å²) in [6.07, 6.45) is 2.06. The molecule has 38 heavy (non-hydrogen) atoms. The molecule has 0 spiro atoms. The maximum absolute atomic E-state index is 12.9. The Morgan fingerprint density at radius 3 is 2.74 bits per heavy atom. The predicted molar refractivity (Wildman–Crippen MR) is 136 cm³/mol. The van der Waals surface area contributed by atoms with Gasteiger partial charge in [0.25, 0.3) is 11.8 Å². The molecule has 0 aromatic carbocycles. The van der Waals surface area contributed by atoms with Gasteiger partial charge in [-0.25, -0.2) is 4.79 Å². The zero-order valence-electron chi connectivity index (χ0n) is 19.9. The second-order valence-electron chi connectivity index (χ2n) is 8.97. The first kappa shape index (κ1) is 26.1. The van der Waals surface area contributed by atoms with Crippen LogP contribution in [0, 0.1) is 0 Å². The summed E-state index contributed by atoms with van der Waals surface area (Å²) in [5, 5.41) is 30.5. The van der Waals surface area contributed by atoms with Crippen LogP contribution in [0.2, 0.25) is 0 Å². The molecule has 7 N–H and O–H groups in total. The minimum absolute atomic E-state index is 0.0623. The number of nitrogens with zero attached hydrogens (tertiary/aromatic N) is 5. The highest BCUT2D eigenvalue weighted by Crippen LogP contribution is 2.41. The second-order valence-corrected chi connectivity index (χ2v) is 10.9. The van der Waals surface area contributed by atoms with Crippen LogP contribution in [0.3, 0.4) is 0 Å².